The van der Waals surface area contributed by atoms with E-state index in [1.165, 1.54) is 0 Å². The SMILES string of the molecule is Cn1ccnc1NCc1cc(N)ccc1O. The van der Waals surface area contributed by atoms with Crippen LogP contribution in [0.5, 0.6) is 5.75 Å². The summed E-state index contributed by atoms with van der Waals surface area (Å²) in [6.45, 7) is 0.488. The quantitative estimate of drug-likeness (QED) is 0.536. The Morgan fingerprint density at radius 2 is 2.31 bits per heavy atom. The number of nitrogens with two attached hydrogens (primary N) is 1. The molecule has 84 valence electrons. The first-order chi connectivity index (χ1) is 7.66. The van der Waals surface area contributed by atoms with Crippen molar-refractivity contribution < 1.29 is 5.11 Å². The first-order valence-electron chi connectivity index (χ1n) is 4.95. The molecular weight excluding hydrogens is 204 g/mol. The standard InChI is InChI=1S/C11H14N4O/c1-15-5-4-13-11(15)14-7-8-6-9(12)2-3-10(8)16/h2-6,16H,7,12H2,1H3,(H,13,14). The van der Waals surface area contributed by atoms with Gasteiger partial charge in [0.1, 0.15) is 5.75 Å². The molecule has 2 rings (SSSR count). The number of nitrogens with one attached hydrogen (secondary N) is 1. The Bertz CT molecular complexity index is 492. The smallest absolute Gasteiger partial charge is 0.202 e. The van der Waals surface area contributed by atoms with Crippen LogP contribution in [0.15, 0.2) is 30.6 Å². The zero-order valence-corrected chi connectivity index (χ0v) is 9.01. The van der Waals surface area contributed by atoms with Gasteiger partial charge in [0.25, 0.3) is 0 Å². The fraction of sp³-hybridized carbons (Fsp3) is 0.182. The second-order valence-corrected chi connectivity index (χ2v) is 3.60. The van der Waals surface area contributed by atoms with E-state index in [4.69, 9.17) is 5.73 Å². The van der Waals surface area contributed by atoms with Crippen LogP contribution in [0.2, 0.25) is 0 Å². The summed E-state index contributed by atoms with van der Waals surface area (Å²) in [4.78, 5) is 4.12. The summed E-state index contributed by atoms with van der Waals surface area (Å²) in [5.41, 5.74) is 7.03. The van der Waals surface area contributed by atoms with Gasteiger partial charge in [-0.1, -0.05) is 0 Å². The zero-order chi connectivity index (χ0) is 11.5. The average Bonchev–Trinajstić information content (AvgIpc) is 2.66. The van der Waals surface area contributed by atoms with Crippen LogP contribution in [0, 0.1) is 0 Å². The molecule has 0 atom stereocenters. The molecule has 0 aliphatic heterocycles. The van der Waals surface area contributed by atoms with Crippen molar-refractivity contribution in [3.05, 3.63) is 36.2 Å². The number of imidazole rings is 1. The topological polar surface area (TPSA) is 76.1 Å². The van der Waals surface area contributed by atoms with Gasteiger partial charge in [-0.05, 0) is 18.2 Å². The number of nitrogen functional groups attached to an aromatic ring is 1. The molecule has 0 saturated carbocycles. The van der Waals surface area contributed by atoms with Crippen LogP contribution >= 0.6 is 0 Å². The zero-order valence-electron chi connectivity index (χ0n) is 9.01. The minimum atomic E-state index is 0.232. The number of benzene rings is 1. The fourth-order valence-corrected chi connectivity index (χ4v) is 1.46. The largest absolute Gasteiger partial charge is 0.508 e. The van der Waals surface area contributed by atoms with E-state index < -0.39 is 0 Å². The molecule has 16 heavy (non-hydrogen) atoms. The summed E-state index contributed by atoms with van der Waals surface area (Å²) in [5.74, 6) is 0.984. The van der Waals surface area contributed by atoms with Crippen LogP contribution in [0.1, 0.15) is 5.56 Å². The van der Waals surface area contributed by atoms with Crippen molar-refractivity contribution in [1.82, 2.24) is 9.55 Å². The lowest BCUT2D eigenvalue weighted by Crippen LogP contribution is -2.05. The predicted molar refractivity (Wildman–Crippen MR) is 63.1 cm³/mol. The third-order valence-corrected chi connectivity index (χ3v) is 2.36. The number of anilines is 2. The van der Waals surface area contributed by atoms with Crippen LogP contribution in [0.4, 0.5) is 11.6 Å². The van der Waals surface area contributed by atoms with E-state index in [1.54, 1.807) is 24.4 Å². The van der Waals surface area contributed by atoms with Crippen LogP contribution in [-0.2, 0) is 13.6 Å². The molecular formula is C11H14N4O. The molecule has 0 aliphatic carbocycles. The molecule has 5 nitrogen and oxygen atoms in total. The highest BCUT2D eigenvalue weighted by Crippen LogP contribution is 2.20. The molecule has 1 aromatic carbocycles. The number of rotatable bonds is 3. The minimum absolute atomic E-state index is 0.232. The van der Waals surface area contributed by atoms with Gasteiger partial charge in [0.05, 0.1) is 0 Å². The summed E-state index contributed by atoms with van der Waals surface area (Å²) >= 11 is 0. The molecule has 0 amide bonds. The lowest BCUT2D eigenvalue weighted by atomic mass is 10.2. The van der Waals surface area contributed by atoms with Gasteiger partial charge in [0.15, 0.2) is 0 Å². The van der Waals surface area contributed by atoms with Crippen molar-refractivity contribution in [2.45, 2.75) is 6.54 Å². The number of phenolic OH excluding ortho intramolecular Hbond substituents is 1. The minimum Gasteiger partial charge on any atom is -0.508 e. The van der Waals surface area contributed by atoms with E-state index >= 15 is 0 Å². The molecule has 2 aromatic rings. The third-order valence-electron chi connectivity index (χ3n) is 2.36. The van der Waals surface area contributed by atoms with Crippen LogP contribution < -0.4 is 11.1 Å². The Hall–Kier alpha value is -2.17. The number of hydrogen-bond acceptors (Lipinski definition) is 4. The molecule has 4 N–H and O–H groups in total. The highest BCUT2D eigenvalue weighted by atomic mass is 16.3. The molecule has 1 aromatic heterocycles. The summed E-state index contributed by atoms with van der Waals surface area (Å²) in [5, 5.41) is 12.7. The van der Waals surface area contributed by atoms with E-state index in [2.05, 4.69) is 10.3 Å². The Balaban J connectivity index is 2.10. The highest BCUT2D eigenvalue weighted by molar-refractivity contribution is 5.48. The third kappa shape index (κ3) is 2.08. The van der Waals surface area contributed by atoms with Gasteiger partial charge in [-0.25, -0.2) is 4.98 Å². The summed E-state index contributed by atoms with van der Waals surface area (Å²) < 4.78 is 1.86. The first kappa shape index (κ1) is 10.4. The number of hydrogen-bond donors (Lipinski definition) is 3. The molecule has 0 unspecified atom stereocenters. The fourth-order valence-electron chi connectivity index (χ4n) is 1.46. The van der Waals surface area contributed by atoms with Crippen molar-refractivity contribution in [2.24, 2.45) is 7.05 Å². The van der Waals surface area contributed by atoms with Crippen molar-refractivity contribution in [2.75, 3.05) is 11.1 Å². The molecule has 0 spiro atoms. The maximum absolute atomic E-state index is 9.61. The lowest BCUT2D eigenvalue weighted by molar-refractivity contribution is 0.469. The molecule has 0 saturated heterocycles. The Morgan fingerprint density at radius 1 is 1.50 bits per heavy atom. The summed E-state index contributed by atoms with van der Waals surface area (Å²) in [6.07, 6.45) is 3.56. The Morgan fingerprint density at radius 3 is 3.00 bits per heavy atom. The Labute approximate surface area is 93.5 Å². The van der Waals surface area contributed by atoms with Crippen molar-refractivity contribution >= 4 is 11.6 Å². The van der Waals surface area contributed by atoms with Gasteiger partial charge in [-0.2, -0.15) is 0 Å². The van der Waals surface area contributed by atoms with E-state index in [9.17, 15) is 5.11 Å². The molecule has 0 bridgehead atoms. The lowest BCUT2D eigenvalue weighted by Gasteiger charge is -2.08. The average molecular weight is 218 g/mol. The maximum Gasteiger partial charge on any atom is 0.202 e. The second kappa shape index (κ2) is 4.14. The predicted octanol–water partition coefficient (Wildman–Crippen LogP) is 1.32. The summed E-state index contributed by atoms with van der Waals surface area (Å²) in [7, 11) is 1.90. The van der Waals surface area contributed by atoms with Crippen LogP contribution in [0.3, 0.4) is 0 Å². The van der Waals surface area contributed by atoms with Crippen molar-refractivity contribution in [3.63, 3.8) is 0 Å². The summed E-state index contributed by atoms with van der Waals surface area (Å²) in [6, 6.07) is 5.00. The number of aromatic hydroxyl groups is 1. The monoisotopic (exact) mass is 218 g/mol. The maximum atomic E-state index is 9.61. The van der Waals surface area contributed by atoms with Gasteiger partial charge in [0, 0.05) is 37.2 Å². The number of phenols is 1. The van der Waals surface area contributed by atoms with E-state index in [0.717, 1.165) is 11.5 Å². The molecule has 1 heterocycles. The van der Waals surface area contributed by atoms with Crippen LogP contribution in [-0.4, -0.2) is 14.7 Å². The van der Waals surface area contributed by atoms with Gasteiger partial charge < -0.3 is 20.7 Å². The first-order valence-corrected chi connectivity index (χ1v) is 4.95. The van der Waals surface area contributed by atoms with Gasteiger partial charge in [0.2, 0.25) is 5.95 Å². The van der Waals surface area contributed by atoms with E-state index in [0.29, 0.717) is 12.2 Å². The molecule has 0 radical (unpaired) electrons. The Kier molecular flexibility index (Phi) is 2.68. The van der Waals surface area contributed by atoms with E-state index in [-0.39, 0.29) is 5.75 Å². The van der Waals surface area contributed by atoms with Crippen molar-refractivity contribution in [1.29, 1.82) is 0 Å². The van der Waals surface area contributed by atoms with Gasteiger partial charge in [-0.15, -0.1) is 0 Å². The van der Waals surface area contributed by atoms with E-state index in [1.807, 2.05) is 17.8 Å². The number of aromatic nitrogens is 2. The number of nitrogens with zero attached hydrogens (tertiary/aromatic N) is 2. The molecule has 5 heteroatoms. The molecule has 0 fully saturated rings. The van der Waals surface area contributed by atoms with Crippen molar-refractivity contribution in [3.8, 4) is 5.75 Å². The highest BCUT2D eigenvalue weighted by Gasteiger charge is 2.03. The van der Waals surface area contributed by atoms with Crippen LogP contribution in [0.25, 0.3) is 0 Å². The van der Waals surface area contributed by atoms with Gasteiger partial charge in [-0.3, -0.25) is 0 Å². The normalized spacial score (nSPS) is 10.3. The second-order valence-electron chi connectivity index (χ2n) is 3.60. The van der Waals surface area contributed by atoms with Gasteiger partial charge >= 0.3 is 0 Å². The molecule has 0 aliphatic rings. The number of aryl methyl sites for hydroxylation is 1.